The Kier molecular flexibility index (Phi) is 6.39. The summed E-state index contributed by atoms with van der Waals surface area (Å²) in [5.41, 5.74) is 3.88. The lowest BCUT2D eigenvalue weighted by Gasteiger charge is -2.08. The highest BCUT2D eigenvalue weighted by Gasteiger charge is 2.12. The monoisotopic (exact) mass is 485 g/mol. The molecule has 0 saturated heterocycles. The number of benzene rings is 3. The molecule has 32 heavy (non-hydrogen) atoms. The Hall–Kier alpha value is -4.22. The Morgan fingerprint density at radius 1 is 1.06 bits per heavy atom. The zero-order chi connectivity index (χ0) is 22.3. The average Bonchev–Trinajstić information content (AvgIpc) is 2.82. The molecule has 8 heteroatoms. The van der Waals surface area contributed by atoms with Crippen LogP contribution in [0.4, 0.5) is 5.95 Å². The number of H-pyrrole nitrogens is 1. The first-order valence-electron chi connectivity index (χ1n) is 9.55. The predicted molar refractivity (Wildman–Crippen MR) is 127 cm³/mol. The summed E-state index contributed by atoms with van der Waals surface area (Å²) in [5.74, 6) is 1.54. The fraction of sp³-hybridized carbons (Fsp3) is 0. The minimum absolute atomic E-state index is 0.0522. The summed E-state index contributed by atoms with van der Waals surface area (Å²) in [6, 6.07) is 26.0. The third-order valence-electron chi connectivity index (χ3n) is 4.39. The summed E-state index contributed by atoms with van der Waals surface area (Å²) in [4.78, 5) is 19.2. The standard InChI is InChI=1S/C24H16BrN5O2/c25-20-13-16(11-12-21(20)32-18-9-5-2-6-10-18)15-27-30-24-28-22(17-7-3-1-4-8-17)19(14-26)23(31)29-24/h1-13,15H,(H2,28,29,30,31). The molecule has 1 heterocycles. The van der Waals surface area contributed by atoms with Gasteiger partial charge < -0.3 is 4.74 Å². The SMILES string of the molecule is N#Cc1c(-c2ccccc2)nc(NN=Cc2ccc(Oc3ccccc3)c(Br)c2)[nH]c1=O. The number of hydrogen-bond acceptors (Lipinski definition) is 6. The van der Waals surface area contributed by atoms with Crippen LogP contribution < -0.4 is 15.7 Å². The van der Waals surface area contributed by atoms with Crippen LogP contribution in [0.2, 0.25) is 0 Å². The maximum atomic E-state index is 12.3. The van der Waals surface area contributed by atoms with Crippen LogP contribution in [0.3, 0.4) is 0 Å². The van der Waals surface area contributed by atoms with E-state index in [-0.39, 0.29) is 11.5 Å². The van der Waals surface area contributed by atoms with Gasteiger partial charge in [0.05, 0.1) is 16.4 Å². The molecule has 0 fully saturated rings. The van der Waals surface area contributed by atoms with Crippen LogP contribution in [-0.2, 0) is 0 Å². The first-order valence-corrected chi connectivity index (χ1v) is 10.3. The number of para-hydroxylation sites is 1. The molecule has 3 aromatic carbocycles. The van der Waals surface area contributed by atoms with Gasteiger partial charge in [0, 0.05) is 5.56 Å². The molecule has 0 radical (unpaired) electrons. The molecule has 0 aliphatic rings. The van der Waals surface area contributed by atoms with E-state index >= 15 is 0 Å². The van der Waals surface area contributed by atoms with Crippen LogP contribution in [0.5, 0.6) is 11.5 Å². The van der Waals surface area contributed by atoms with Gasteiger partial charge in [-0.25, -0.2) is 10.4 Å². The second kappa shape index (κ2) is 9.73. The van der Waals surface area contributed by atoms with E-state index in [1.807, 2.05) is 72.8 Å². The number of aromatic nitrogens is 2. The number of nitrogens with one attached hydrogen (secondary N) is 2. The lowest BCUT2D eigenvalue weighted by atomic mass is 10.1. The number of halogens is 1. The summed E-state index contributed by atoms with van der Waals surface area (Å²) in [7, 11) is 0. The summed E-state index contributed by atoms with van der Waals surface area (Å²) < 4.78 is 6.61. The Balaban J connectivity index is 1.52. The Morgan fingerprint density at radius 3 is 2.47 bits per heavy atom. The van der Waals surface area contributed by atoms with E-state index in [1.54, 1.807) is 18.3 Å². The van der Waals surface area contributed by atoms with E-state index in [0.29, 0.717) is 17.0 Å². The van der Waals surface area contributed by atoms with Crippen molar-refractivity contribution in [2.45, 2.75) is 0 Å². The predicted octanol–water partition coefficient (Wildman–Crippen LogP) is 5.31. The summed E-state index contributed by atoms with van der Waals surface area (Å²) in [6.45, 7) is 0. The van der Waals surface area contributed by atoms with E-state index < -0.39 is 5.56 Å². The van der Waals surface area contributed by atoms with Crippen LogP contribution in [-0.4, -0.2) is 16.2 Å². The highest BCUT2D eigenvalue weighted by atomic mass is 79.9. The maximum Gasteiger partial charge on any atom is 0.270 e. The van der Waals surface area contributed by atoms with E-state index in [9.17, 15) is 10.1 Å². The van der Waals surface area contributed by atoms with Gasteiger partial charge in [-0.2, -0.15) is 10.4 Å². The first kappa shape index (κ1) is 21.0. The number of hydrogen-bond donors (Lipinski definition) is 2. The van der Waals surface area contributed by atoms with Crippen LogP contribution in [0, 0.1) is 11.3 Å². The molecule has 4 rings (SSSR count). The fourth-order valence-electron chi connectivity index (χ4n) is 2.90. The quantitative estimate of drug-likeness (QED) is 0.284. The van der Waals surface area contributed by atoms with Crippen LogP contribution >= 0.6 is 15.9 Å². The molecule has 0 saturated carbocycles. The molecule has 7 nitrogen and oxygen atoms in total. The topological polar surface area (TPSA) is 103 Å². The average molecular weight is 486 g/mol. The van der Waals surface area contributed by atoms with E-state index in [1.165, 1.54) is 0 Å². The molecule has 0 aliphatic heterocycles. The van der Waals surface area contributed by atoms with Gasteiger partial charge in [0.2, 0.25) is 5.95 Å². The number of ether oxygens (including phenoxy) is 1. The molecular weight excluding hydrogens is 470 g/mol. The number of aromatic amines is 1. The van der Waals surface area contributed by atoms with Crippen molar-refractivity contribution in [1.82, 2.24) is 9.97 Å². The van der Waals surface area contributed by atoms with E-state index in [4.69, 9.17) is 4.74 Å². The normalized spacial score (nSPS) is 10.6. The molecule has 0 unspecified atom stereocenters. The largest absolute Gasteiger partial charge is 0.456 e. The number of anilines is 1. The first-order chi connectivity index (χ1) is 15.6. The minimum Gasteiger partial charge on any atom is -0.456 e. The summed E-state index contributed by atoms with van der Waals surface area (Å²) in [6.07, 6.45) is 1.58. The molecule has 0 spiro atoms. The highest BCUT2D eigenvalue weighted by molar-refractivity contribution is 9.10. The molecule has 4 aromatic rings. The molecule has 2 N–H and O–H groups in total. The number of hydrazone groups is 1. The van der Waals surface area contributed by atoms with Gasteiger partial charge in [0.15, 0.2) is 0 Å². The fourth-order valence-corrected chi connectivity index (χ4v) is 3.38. The Labute approximate surface area is 192 Å². The summed E-state index contributed by atoms with van der Waals surface area (Å²) in [5, 5.41) is 13.5. The Bertz CT molecular complexity index is 1360. The number of nitriles is 1. The van der Waals surface area contributed by atoms with Crippen molar-refractivity contribution in [3.8, 4) is 28.8 Å². The van der Waals surface area contributed by atoms with Gasteiger partial charge in [0.25, 0.3) is 5.56 Å². The van der Waals surface area contributed by atoms with Gasteiger partial charge >= 0.3 is 0 Å². The molecule has 156 valence electrons. The molecular formula is C24H16BrN5O2. The number of rotatable bonds is 6. The second-order valence-corrected chi connectivity index (χ2v) is 7.45. The van der Waals surface area contributed by atoms with Gasteiger partial charge in [0.1, 0.15) is 23.1 Å². The van der Waals surface area contributed by atoms with Crippen molar-refractivity contribution in [2.75, 3.05) is 5.43 Å². The maximum absolute atomic E-state index is 12.3. The second-order valence-electron chi connectivity index (χ2n) is 6.59. The van der Waals surface area contributed by atoms with Crippen LogP contribution in [0.1, 0.15) is 11.1 Å². The van der Waals surface area contributed by atoms with Crippen molar-refractivity contribution in [3.05, 3.63) is 105 Å². The Morgan fingerprint density at radius 2 is 1.78 bits per heavy atom. The lowest BCUT2D eigenvalue weighted by molar-refractivity contribution is 0.479. The van der Waals surface area contributed by atoms with Crippen molar-refractivity contribution in [2.24, 2.45) is 5.10 Å². The zero-order valence-corrected chi connectivity index (χ0v) is 18.2. The van der Waals surface area contributed by atoms with E-state index in [2.05, 4.69) is 36.4 Å². The minimum atomic E-state index is -0.538. The van der Waals surface area contributed by atoms with Gasteiger partial charge in [-0.3, -0.25) is 9.78 Å². The molecule has 0 amide bonds. The third-order valence-corrected chi connectivity index (χ3v) is 5.01. The third kappa shape index (κ3) is 4.91. The van der Waals surface area contributed by atoms with Crippen molar-refractivity contribution < 1.29 is 4.74 Å². The molecule has 1 aromatic heterocycles. The molecule has 0 aliphatic carbocycles. The van der Waals surface area contributed by atoms with Crippen molar-refractivity contribution in [1.29, 1.82) is 5.26 Å². The van der Waals surface area contributed by atoms with Crippen molar-refractivity contribution in [3.63, 3.8) is 0 Å². The van der Waals surface area contributed by atoms with Gasteiger partial charge in [-0.1, -0.05) is 48.5 Å². The van der Waals surface area contributed by atoms with Crippen LogP contribution in [0.15, 0.2) is 93.2 Å². The highest BCUT2D eigenvalue weighted by Crippen LogP contribution is 2.30. The molecule has 0 bridgehead atoms. The lowest BCUT2D eigenvalue weighted by Crippen LogP contribution is -2.16. The number of nitrogens with zero attached hydrogens (tertiary/aromatic N) is 3. The van der Waals surface area contributed by atoms with Crippen molar-refractivity contribution >= 4 is 28.1 Å². The van der Waals surface area contributed by atoms with Gasteiger partial charge in [-0.15, -0.1) is 0 Å². The van der Waals surface area contributed by atoms with Crippen LogP contribution in [0.25, 0.3) is 11.3 Å². The van der Waals surface area contributed by atoms with E-state index in [0.717, 1.165) is 15.8 Å². The molecule has 0 atom stereocenters. The zero-order valence-electron chi connectivity index (χ0n) is 16.6. The van der Waals surface area contributed by atoms with Gasteiger partial charge in [-0.05, 0) is 51.8 Å². The summed E-state index contributed by atoms with van der Waals surface area (Å²) >= 11 is 3.50. The smallest absolute Gasteiger partial charge is 0.270 e.